The minimum Gasteiger partial charge on any atom is -0.454 e. The van der Waals surface area contributed by atoms with Crippen LogP contribution in [0.5, 0.6) is 0 Å². The van der Waals surface area contributed by atoms with Crippen LogP contribution in [-0.4, -0.2) is 0 Å². The van der Waals surface area contributed by atoms with Crippen molar-refractivity contribution in [1.82, 2.24) is 0 Å². The topological polar surface area (TPSA) is 19.6 Å². The van der Waals surface area contributed by atoms with Crippen LogP contribution in [0.15, 0.2) is 211 Å². The summed E-state index contributed by atoms with van der Waals surface area (Å²) in [5.41, 5.74) is 20.6. The number of furan rings is 1. The summed E-state index contributed by atoms with van der Waals surface area (Å²) < 4.78 is 6.84. The summed E-state index contributed by atoms with van der Waals surface area (Å²) in [6.45, 7) is 4.72. The molecule has 0 saturated heterocycles. The molecule has 10 aromatic rings. The number of fused-ring (bicyclic) bond motifs is 15. The lowest BCUT2D eigenvalue weighted by atomic mass is 9.64. The first-order valence-electron chi connectivity index (χ1n) is 21.3. The molecule has 3 aliphatic rings. The number of para-hydroxylation sites is 5. The van der Waals surface area contributed by atoms with Crippen molar-refractivity contribution in [3.05, 3.63) is 240 Å². The molecular formula is C58H40N2O. The zero-order chi connectivity index (χ0) is 40.5. The monoisotopic (exact) mass is 780 g/mol. The summed E-state index contributed by atoms with van der Waals surface area (Å²) in [6.07, 6.45) is 0. The smallest absolute Gasteiger partial charge is 0.159 e. The molecule has 1 aliphatic heterocycles. The summed E-state index contributed by atoms with van der Waals surface area (Å²) in [5, 5.41) is 2.22. The van der Waals surface area contributed by atoms with Crippen LogP contribution in [0.2, 0.25) is 0 Å². The molecule has 1 spiro atoms. The third kappa shape index (κ3) is 4.53. The van der Waals surface area contributed by atoms with Gasteiger partial charge in [0, 0.05) is 33.2 Å². The molecule has 2 aliphatic carbocycles. The number of rotatable bonds is 4. The van der Waals surface area contributed by atoms with Crippen LogP contribution in [0.4, 0.5) is 34.1 Å². The highest BCUT2D eigenvalue weighted by Crippen LogP contribution is 2.64. The van der Waals surface area contributed by atoms with Crippen molar-refractivity contribution in [3.8, 4) is 22.3 Å². The largest absolute Gasteiger partial charge is 0.454 e. The van der Waals surface area contributed by atoms with Gasteiger partial charge in [0.1, 0.15) is 5.58 Å². The van der Waals surface area contributed by atoms with Crippen molar-refractivity contribution in [2.75, 3.05) is 9.80 Å². The van der Waals surface area contributed by atoms with E-state index in [2.05, 4.69) is 230 Å². The summed E-state index contributed by atoms with van der Waals surface area (Å²) >= 11 is 0. The first-order valence-corrected chi connectivity index (χ1v) is 21.3. The molecule has 3 heteroatoms. The summed E-state index contributed by atoms with van der Waals surface area (Å²) in [6, 6.07) is 76.0. The minimum absolute atomic E-state index is 0.164. The number of anilines is 6. The lowest BCUT2D eigenvalue weighted by Gasteiger charge is -2.45. The summed E-state index contributed by atoms with van der Waals surface area (Å²) in [4.78, 5) is 4.89. The number of nitrogens with zero attached hydrogens (tertiary/aromatic N) is 2. The molecule has 0 fully saturated rings. The Morgan fingerprint density at radius 1 is 0.410 bits per heavy atom. The second-order valence-corrected chi connectivity index (χ2v) is 17.2. The van der Waals surface area contributed by atoms with Gasteiger partial charge < -0.3 is 14.2 Å². The van der Waals surface area contributed by atoms with Gasteiger partial charge >= 0.3 is 0 Å². The third-order valence-corrected chi connectivity index (χ3v) is 13.8. The Bertz CT molecular complexity index is 3380. The van der Waals surface area contributed by atoms with Gasteiger partial charge in [-0.15, -0.1) is 0 Å². The highest BCUT2D eigenvalue weighted by molar-refractivity contribution is 6.10. The molecule has 288 valence electrons. The van der Waals surface area contributed by atoms with Crippen molar-refractivity contribution >= 4 is 56.1 Å². The van der Waals surface area contributed by atoms with Crippen LogP contribution in [-0.2, 0) is 10.8 Å². The molecular weight excluding hydrogens is 741 g/mol. The summed E-state index contributed by atoms with van der Waals surface area (Å²) in [7, 11) is 0. The fourth-order valence-electron chi connectivity index (χ4n) is 11.3. The predicted molar refractivity (Wildman–Crippen MR) is 252 cm³/mol. The molecule has 9 aromatic carbocycles. The second-order valence-electron chi connectivity index (χ2n) is 17.2. The van der Waals surface area contributed by atoms with E-state index in [1.165, 1.54) is 67.0 Å². The van der Waals surface area contributed by atoms with E-state index in [0.717, 1.165) is 44.7 Å². The molecule has 0 radical (unpaired) electrons. The van der Waals surface area contributed by atoms with Gasteiger partial charge in [-0.1, -0.05) is 159 Å². The van der Waals surface area contributed by atoms with Gasteiger partial charge in [-0.05, 0) is 116 Å². The third-order valence-electron chi connectivity index (χ3n) is 13.8. The molecule has 3 nitrogen and oxygen atoms in total. The molecule has 0 atom stereocenters. The Balaban J connectivity index is 1.10. The normalized spacial score (nSPS) is 14.6. The number of benzene rings is 9. The maximum absolute atomic E-state index is 6.84. The van der Waals surface area contributed by atoms with E-state index in [9.17, 15) is 0 Å². The fraction of sp³-hybridized carbons (Fsp3) is 0.0690. The van der Waals surface area contributed by atoms with Crippen LogP contribution < -0.4 is 9.80 Å². The molecule has 61 heavy (non-hydrogen) atoms. The van der Waals surface area contributed by atoms with Crippen molar-refractivity contribution in [2.45, 2.75) is 24.7 Å². The number of hydrogen-bond acceptors (Lipinski definition) is 3. The Labute approximate surface area is 355 Å². The molecule has 2 heterocycles. The van der Waals surface area contributed by atoms with Gasteiger partial charge in [0.2, 0.25) is 0 Å². The lowest BCUT2D eigenvalue weighted by Crippen LogP contribution is -2.36. The Morgan fingerprint density at radius 2 is 0.934 bits per heavy atom. The SMILES string of the molecule is CC1(C)c2ccccc2-c2ccc(N(c3ccc4c(c3)C3(c5ccccc5-4)c4ccccc4N(c4ccccc4)c4ccccc43)c3cccc4c3oc3ccccc34)cc21. The van der Waals surface area contributed by atoms with E-state index in [0.29, 0.717) is 0 Å². The van der Waals surface area contributed by atoms with Gasteiger partial charge in [-0.25, -0.2) is 0 Å². The molecule has 0 unspecified atom stereocenters. The average Bonchev–Trinajstić information content (AvgIpc) is 3.91. The quantitative estimate of drug-likeness (QED) is 0.177. The van der Waals surface area contributed by atoms with Crippen LogP contribution in [0.1, 0.15) is 47.2 Å². The van der Waals surface area contributed by atoms with Crippen molar-refractivity contribution < 1.29 is 4.42 Å². The second kappa shape index (κ2) is 12.5. The van der Waals surface area contributed by atoms with Crippen LogP contribution in [0.25, 0.3) is 44.2 Å². The predicted octanol–water partition coefficient (Wildman–Crippen LogP) is 15.5. The van der Waals surface area contributed by atoms with Crippen molar-refractivity contribution in [2.24, 2.45) is 0 Å². The van der Waals surface area contributed by atoms with E-state index < -0.39 is 5.41 Å². The van der Waals surface area contributed by atoms with Gasteiger partial charge in [-0.3, -0.25) is 0 Å². The zero-order valence-corrected chi connectivity index (χ0v) is 33.9. The lowest BCUT2D eigenvalue weighted by molar-refractivity contribution is 0.660. The van der Waals surface area contributed by atoms with E-state index in [-0.39, 0.29) is 5.41 Å². The van der Waals surface area contributed by atoms with Crippen molar-refractivity contribution in [1.29, 1.82) is 0 Å². The zero-order valence-electron chi connectivity index (χ0n) is 33.9. The Kier molecular flexibility index (Phi) is 6.99. The van der Waals surface area contributed by atoms with E-state index in [1.54, 1.807) is 0 Å². The van der Waals surface area contributed by atoms with E-state index >= 15 is 0 Å². The van der Waals surface area contributed by atoms with Gasteiger partial charge in [0.15, 0.2) is 5.58 Å². The van der Waals surface area contributed by atoms with E-state index in [4.69, 9.17) is 4.42 Å². The van der Waals surface area contributed by atoms with Crippen LogP contribution in [0.3, 0.4) is 0 Å². The van der Waals surface area contributed by atoms with Gasteiger partial charge in [-0.2, -0.15) is 0 Å². The summed E-state index contributed by atoms with van der Waals surface area (Å²) in [5.74, 6) is 0. The first-order chi connectivity index (χ1) is 30.0. The standard InChI is InChI=1S/C58H40N2O/c1-57(2)46-23-9-6-19-40(46)42-33-31-38(35-50(42)57)59(54-29-16-22-45-44-21-8-15-30-55(44)61-56(45)54)39-32-34-43-41-20-7-10-24-47(41)58(51(43)36-39)48-25-11-13-27-52(48)60(37-17-4-3-5-18-37)53-28-14-12-26-49(53)58/h3-36H,1-2H3. The number of hydrogen-bond donors (Lipinski definition) is 0. The maximum Gasteiger partial charge on any atom is 0.159 e. The van der Waals surface area contributed by atoms with Gasteiger partial charge in [0.05, 0.1) is 22.5 Å². The molecule has 13 rings (SSSR count). The molecule has 0 amide bonds. The highest BCUT2D eigenvalue weighted by atomic mass is 16.3. The van der Waals surface area contributed by atoms with E-state index in [1.807, 2.05) is 0 Å². The van der Waals surface area contributed by atoms with Crippen LogP contribution >= 0.6 is 0 Å². The maximum atomic E-state index is 6.84. The first kappa shape index (κ1) is 34.3. The van der Waals surface area contributed by atoms with Crippen LogP contribution in [0, 0.1) is 0 Å². The Hall–Kier alpha value is -7.62. The molecule has 0 N–H and O–H groups in total. The van der Waals surface area contributed by atoms with Crippen molar-refractivity contribution in [3.63, 3.8) is 0 Å². The molecule has 0 saturated carbocycles. The fourth-order valence-corrected chi connectivity index (χ4v) is 11.3. The van der Waals surface area contributed by atoms with Gasteiger partial charge in [0.25, 0.3) is 0 Å². The molecule has 0 bridgehead atoms. The molecule has 1 aromatic heterocycles. The Morgan fingerprint density at radius 3 is 1.66 bits per heavy atom. The average molecular weight is 781 g/mol. The highest BCUT2D eigenvalue weighted by Gasteiger charge is 2.52. The minimum atomic E-state index is -0.584.